The summed E-state index contributed by atoms with van der Waals surface area (Å²) in [7, 11) is 0. The molecule has 0 saturated carbocycles. The maximum absolute atomic E-state index is 14.5. The predicted molar refractivity (Wildman–Crippen MR) is 254 cm³/mol. The van der Waals surface area contributed by atoms with E-state index in [9.17, 15) is 38.7 Å². The highest BCUT2D eigenvalue weighted by Gasteiger charge is 2.31. The Morgan fingerprint density at radius 1 is 0.561 bits per heavy atom. The van der Waals surface area contributed by atoms with Crippen molar-refractivity contribution < 1.29 is 38.7 Å². The van der Waals surface area contributed by atoms with E-state index in [-0.39, 0.29) is 44.4 Å². The summed E-state index contributed by atoms with van der Waals surface area (Å²) in [6.07, 6.45) is 0.978. The van der Waals surface area contributed by atoms with Crippen LogP contribution in [-0.4, -0.2) is 83.8 Å². The molecular weight excluding hydrogens is 859 g/mol. The molecule has 0 fully saturated rings. The number of carbonyl (C=O) groups is 7. The van der Waals surface area contributed by atoms with E-state index in [4.69, 9.17) is 5.73 Å². The number of carboxylic acid groups (broad SMARTS) is 1. The second-order valence-corrected chi connectivity index (χ2v) is 16.9. The average molecular weight is 916 g/mol. The summed E-state index contributed by atoms with van der Waals surface area (Å²) in [5, 5.41) is 27.6. The lowest BCUT2D eigenvalue weighted by molar-refractivity contribution is -0.142. The van der Waals surface area contributed by atoms with Gasteiger partial charge < -0.3 is 42.7 Å². The van der Waals surface area contributed by atoms with E-state index < -0.39 is 66.2 Å². The van der Waals surface area contributed by atoms with Gasteiger partial charge in [-0.15, -0.1) is 11.3 Å². The first kappa shape index (κ1) is 49.8. The zero-order valence-electron chi connectivity index (χ0n) is 36.8. The van der Waals surface area contributed by atoms with Crippen molar-refractivity contribution in [1.82, 2.24) is 26.6 Å². The Hall–Kier alpha value is -7.17. The number of carbonyl (C=O) groups excluding carboxylic acids is 6. The van der Waals surface area contributed by atoms with Gasteiger partial charge in [0.05, 0.1) is 6.54 Å². The van der Waals surface area contributed by atoms with Crippen molar-refractivity contribution in [3.8, 4) is 11.1 Å². The number of aliphatic carboxylic acids is 1. The van der Waals surface area contributed by atoms with Gasteiger partial charge in [-0.3, -0.25) is 28.8 Å². The van der Waals surface area contributed by atoms with Crippen LogP contribution in [0.2, 0.25) is 0 Å². The summed E-state index contributed by atoms with van der Waals surface area (Å²) in [5.74, 6) is -4.97. The van der Waals surface area contributed by atoms with Crippen LogP contribution in [0.3, 0.4) is 0 Å². The lowest BCUT2D eigenvalue weighted by atomic mass is 9.99. The summed E-state index contributed by atoms with van der Waals surface area (Å²) in [5.41, 5.74) is 10.5. The second-order valence-electron chi connectivity index (χ2n) is 15.9. The molecule has 0 unspecified atom stereocenters. The maximum Gasteiger partial charge on any atom is 0.326 e. The third kappa shape index (κ3) is 16.8. The number of anilines is 1. The van der Waals surface area contributed by atoms with Crippen LogP contribution < -0.4 is 37.6 Å². The predicted octanol–water partition coefficient (Wildman–Crippen LogP) is 4.44. The van der Waals surface area contributed by atoms with E-state index in [1.807, 2.05) is 91.2 Å². The Labute approximate surface area is 388 Å². The monoisotopic (exact) mass is 915 g/mol. The van der Waals surface area contributed by atoms with Gasteiger partial charge in [-0.05, 0) is 78.6 Å². The molecule has 4 atom stereocenters. The molecule has 1 heterocycles. The molecule has 0 spiro atoms. The van der Waals surface area contributed by atoms with Gasteiger partial charge >= 0.3 is 5.97 Å². The molecule has 4 aromatic carbocycles. The van der Waals surface area contributed by atoms with Crippen LogP contribution in [0, 0.1) is 6.92 Å². The largest absolute Gasteiger partial charge is 0.480 e. The van der Waals surface area contributed by atoms with Crippen molar-refractivity contribution in [2.24, 2.45) is 5.73 Å². The molecule has 5 rings (SSSR count). The minimum atomic E-state index is -1.26. The van der Waals surface area contributed by atoms with E-state index in [2.05, 4.69) is 31.9 Å². The summed E-state index contributed by atoms with van der Waals surface area (Å²) < 4.78 is 0. The summed E-state index contributed by atoms with van der Waals surface area (Å²) >= 11 is 1.39. The fraction of sp³-hybridized carbons (Fsp3) is 0.300. The van der Waals surface area contributed by atoms with Crippen LogP contribution in [0.1, 0.15) is 53.7 Å². The number of amides is 6. The number of benzene rings is 4. The fourth-order valence-corrected chi connectivity index (χ4v) is 7.74. The summed E-state index contributed by atoms with van der Waals surface area (Å²) in [6, 6.07) is 32.2. The fourth-order valence-electron chi connectivity index (χ4n) is 6.99. The number of hydrogen-bond donors (Lipinski definition) is 8. The topological polar surface area (TPSA) is 238 Å². The SMILES string of the molecule is Cc1ccc(NC(=O)CCC(=O)N[C@H](Cc2cccs2)C(=O)N[C@@H](Cc2ccc(-c3ccccc3)cc2)C(=O)N[C@H](Cc2ccccc2)C(=O)NCC(=O)N[C@@H](CCCCN)C(=O)O)cc1. The first-order valence-corrected chi connectivity index (χ1v) is 22.7. The molecule has 0 aliphatic heterocycles. The Morgan fingerprint density at radius 2 is 1.12 bits per heavy atom. The Morgan fingerprint density at radius 3 is 1.73 bits per heavy atom. The number of unbranched alkanes of at least 4 members (excludes halogenated alkanes) is 1. The smallest absolute Gasteiger partial charge is 0.326 e. The molecule has 1 aromatic heterocycles. The van der Waals surface area contributed by atoms with Crippen LogP contribution in [0.25, 0.3) is 11.1 Å². The Bertz CT molecular complexity index is 2360. The number of thiophene rings is 1. The molecule has 66 heavy (non-hydrogen) atoms. The van der Waals surface area contributed by atoms with Gasteiger partial charge in [0.2, 0.25) is 35.4 Å². The molecule has 15 nitrogen and oxygen atoms in total. The number of aryl methyl sites for hydroxylation is 1. The van der Waals surface area contributed by atoms with Crippen LogP contribution in [-0.2, 0) is 52.8 Å². The number of hydrogen-bond acceptors (Lipinski definition) is 9. The van der Waals surface area contributed by atoms with Crippen LogP contribution in [0.15, 0.2) is 127 Å². The minimum Gasteiger partial charge on any atom is -0.480 e. The lowest BCUT2D eigenvalue weighted by Gasteiger charge is -2.26. The zero-order valence-corrected chi connectivity index (χ0v) is 37.6. The van der Waals surface area contributed by atoms with E-state index in [0.717, 1.165) is 21.6 Å². The highest BCUT2D eigenvalue weighted by Crippen LogP contribution is 2.20. The summed E-state index contributed by atoms with van der Waals surface area (Å²) in [6.45, 7) is 1.74. The van der Waals surface area contributed by atoms with Gasteiger partial charge in [-0.1, -0.05) is 109 Å². The lowest BCUT2D eigenvalue weighted by Crippen LogP contribution is -2.58. The highest BCUT2D eigenvalue weighted by atomic mass is 32.1. The van der Waals surface area contributed by atoms with Crippen LogP contribution in [0.5, 0.6) is 0 Å². The summed E-state index contributed by atoms with van der Waals surface area (Å²) in [4.78, 5) is 94.1. The number of carboxylic acids is 1. The normalized spacial score (nSPS) is 12.6. The first-order chi connectivity index (χ1) is 31.9. The van der Waals surface area contributed by atoms with Crippen molar-refractivity contribution >= 4 is 58.4 Å². The molecule has 0 aliphatic carbocycles. The average Bonchev–Trinajstić information content (AvgIpc) is 3.84. The molecule has 9 N–H and O–H groups in total. The number of nitrogens with one attached hydrogen (secondary N) is 6. The van der Waals surface area contributed by atoms with Gasteiger partial charge in [0, 0.05) is 42.7 Å². The molecule has 6 amide bonds. The Kier molecular flexibility index (Phi) is 19.6. The molecule has 0 saturated heterocycles. The van der Waals surface area contributed by atoms with Gasteiger partial charge in [-0.2, -0.15) is 0 Å². The molecule has 16 heteroatoms. The van der Waals surface area contributed by atoms with Crippen LogP contribution >= 0.6 is 11.3 Å². The van der Waals surface area contributed by atoms with E-state index in [1.54, 1.807) is 42.5 Å². The maximum atomic E-state index is 14.5. The first-order valence-electron chi connectivity index (χ1n) is 21.8. The zero-order chi connectivity index (χ0) is 47.3. The molecule has 0 aliphatic rings. The van der Waals surface area contributed by atoms with Gasteiger partial charge in [-0.25, -0.2) is 4.79 Å². The molecule has 0 bridgehead atoms. The van der Waals surface area contributed by atoms with Crippen molar-refractivity contribution in [3.05, 3.63) is 148 Å². The van der Waals surface area contributed by atoms with E-state index >= 15 is 0 Å². The minimum absolute atomic E-state index is 0.00565. The Balaban J connectivity index is 1.35. The van der Waals surface area contributed by atoms with Crippen molar-refractivity contribution in [2.75, 3.05) is 18.4 Å². The molecule has 5 aromatic rings. The number of rotatable bonds is 25. The molecule has 346 valence electrons. The third-order valence-electron chi connectivity index (χ3n) is 10.6. The van der Waals surface area contributed by atoms with Gasteiger partial charge in [0.15, 0.2) is 0 Å². The van der Waals surface area contributed by atoms with Gasteiger partial charge in [0.25, 0.3) is 0 Å². The van der Waals surface area contributed by atoms with Crippen molar-refractivity contribution in [1.29, 1.82) is 0 Å². The third-order valence-corrected chi connectivity index (χ3v) is 11.5. The molecular formula is C50H57N7O8S. The van der Waals surface area contributed by atoms with Crippen molar-refractivity contribution in [3.63, 3.8) is 0 Å². The highest BCUT2D eigenvalue weighted by molar-refractivity contribution is 7.09. The molecule has 0 radical (unpaired) electrons. The number of nitrogens with two attached hydrogens (primary N) is 1. The van der Waals surface area contributed by atoms with Gasteiger partial charge in [0.1, 0.15) is 24.2 Å². The van der Waals surface area contributed by atoms with E-state index in [1.165, 1.54) is 11.3 Å². The van der Waals surface area contributed by atoms with Crippen molar-refractivity contribution in [2.45, 2.75) is 82.5 Å². The van der Waals surface area contributed by atoms with Crippen LogP contribution in [0.4, 0.5) is 5.69 Å². The van der Waals surface area contributed by atoms with E-state index in [0.29, 0.717) is 36.2 Å². The second kappa shape index (κ2) is 26.0. The standard InChI is InChI=1S/C50H57N7O8S/c1-33-17-23-38(24-18-33)53-44(58)25-26-45(59)55-43(31-39-15-10-28-66-39)49(63)57-42(30-35-19-21-37(22-20-35)36-13-6-3-7-14-36)48(62)56-41(29-34-11-4-2-5-12-34)47(61)52-32-46(60)54-40(50(64)65)16-8-9-27-51/h2-7,10-15,17-24,28,40-43H,8-9,16,25-27,29-32,51H2,1H3,(H,52,61)(H,53,58)(H,54,60)(H,55,59)(H,56,62)(H,57,63)(H,64,65)/t40-,41+,42-,43+/m0/s1. The quantitative estimate of drug-likeness (QED) is 0.0386.